The van der Waals surface area contributed by atoms with E-state index < -0.39 is 0 Å². The van der Waals surface area contributed by atoms with Gasteiger partial charge in [-0.1, -0.05) is 6.07 Å². The summed E-state index contributed by atoms with van der Waals surface area (Å²) in [6.45, 7) is 6.75. The van der Waals surface area contributed by atoms with Crippen molar-refractivity contribution in [3.8, 4) is 0 Å². The standard InChI is InChI=1S/C19H30FN3O2/c1-15-12-18(20)5-4-17(15)6-9-23-19(21-2)22-8-3-10-24-13-16-7-11-25-14-16/h4-5,12,16H,3,6-11,13-14H2,1-2H3,(H2,21,22,23). The number of guanidine groups is 1. The summed E-state index contributed by atoms with van der Waals surface area (Å²) < 4.78 is 24.1. The van der Waals surface area contributed by atoms with Crippen molar-refractivity contribution in [3.05, 3.63) is 35.1 Å². The van der Waals surface area contributed by atoms with Crippen LogP contribution in [0.15, 0.2) is 23.2 Å². The molecule has 0 aliphatic carbocycles. The molecule has 1 aromatic carbocycles. The molecule has 1 fully saturated rings. The first-order chi connectivity index (χ1) is 12.2. The Morgan fingerprint density at radius 3 is 2.92 bits per heavy atom. The number of rotatable bonds is 9. The van der Waals surface area contributed by atoms with Crippen LogP contribution in [0.3, 0.4) is 0 Å². The van der Waals surface area contributed by atoms with Crippen LogP contribution >= 0.6 is 0 Å². The van der Waals surface area contributed by atoms with E-state index in [2.05, 4.69) is 15.6 Å². The number of halogens is 1. The zero-order chi connectivity index (χ0) is 17.9. The van der Waals surface area contributed by atoms with Gasteiger partial charge in [-0.2, -0.15) is 0 Å². The number of benzene rings is 1. The lowest BCUT2D eigenvalue weighted by Gasteiger charge is -2.13. The Morgan fingerprint density at radius 1 is 1.36 bits per heavy atom. The number of ether oxygens (including phenoxy) is 2. The second-order valence-electron chi connectivity index (χ2n) is 6.40. The number of hydrogen-bond donors (Lipinski definition) is 2. The highest BCUT2D eigenvalue weighted by Crippen LogP contribution is 2.12. The maximum Gasteiger partial charge on any atom is 0.190 e. The molecular weight excluding hydrogens is 321 g/mol. The van der Waals surface area contributed by atoms with E-state index >= 15 is 0 Å². The number of nitrogens with zero attached hydrogens (tertiary/aromatic N) is 1. The molecule has 0 bridgehead atoms. The van der Waals surface area contributed by atoms with Crippen LogP contribution in [-0.4, -0.2) is 52.5 Å². The van der Waals surface area contributed by atoms with Crippen LogP contribution in [0, 0.1) is 18.7 Å². The van der Waals surface area contributed by atoms with Gasteiger partial charge in [-0.05, 0) is 49.4 Å². The maximum atomic E-state index is 13.1. The Kier molecular flexibility index (Phi) is 8.69. The highest BCUT2D eigenvalue weighted by molar-refractivity contribution is 5.79. The van der Waals surface area contributed by atoms with Crippen molar-refractivity contribution in [2.45, 2.75) is 26.2 Å². The topological polar surface area (TPSA) is 54.9 Å². The van der Waals surface area contributed by atoms with Crippen molar-refractivity contribution in [3.63, 3.8) is 0 Å². The van der Waals surface area contributed by atoms with Crippen molar-refractivity contribution in [1.82, 2.24) is 10.6 Å². The van der Waals surface area contributed by atoms with Gasteiger partial charge in [-0.3, -0.25) is 4.99 Å². The summed E-state index contributed by atoms with van der Waals surface area (Å²) in [6.07, 6.45) is 2.88. The maximum absolute atomic E-state index is 13.1. The summed E-state index contributed by atoms with van der Waals surface area (Å²) in [4.78, 5) is 4.21. The Balaban J connectivity index is 1.54. The van der Waals surface area contributed by atoms with Crippen molar-refractivity contribution in [2.75, 3.05) is 46.6 Å². The minimum Gasteiger partial charge on any atom is -0.381 e. The second kappa shape index (κ2) is 11.1. The largest absolute Gasteiger partial charge is 0.381 e. The molecule has 140 valence electrons. The van der Waals surface area contributed by atoms with Crippen LogP contribution in [0.25, 0.3) is 0 Å². The zero-order valence-electron chi connectivity index (χ0n) is 15.3. The molecule has 0 radical (unpaired) electrons. The minimum atomic E-state index is -0.186. The lowest BCUT2D eigenvalue weighted by molar-refractivity contribution is 0.0888. The molecule has 1 aliphatic rings. The van der Waals surface area contributed by atoms with Crippen LogP contribution in [0.4, 0.5) is 4.39 Å². The van der Waals surface area contributed by atoms with E-state index in [1.807, 2.05) is 13.0 Å². The van der Waals surface area contributed by atoms with E-state index in [1.54, 1.807) is 13.1 Å². The molecule has 1 heterocycles. The normalized spacial score (nSPS) is 17.7. The van der Waals surface area contributed by atoms with Crippen LogP contribution in [0.1, 0.15) is 24.0 Å². The fraction of sp³-hybridized carbons (Fsp3) is 0.632. The SMILES string of the molecule is CN=C(NCCCOCC1CCOC1)NCCc1ccc(F)cc1C. The van der Waals surface area contributed by atoms with Gasteiger partial charge in [0.2, 0.25) is 0 Å². The van der Waals surface area contributed by atoms with Crippen LogP contribution in [0.5, 0.6) is 0 Å². The first-order valence-corrected chi connectivity index (χ1v) is 9.04. The highest BCUT2D eigenvalue weighted by Gasteiger charge is 2.15. The van der Waals surface area contributed by atoms with Gasteiger partial charge in [-0.15, -0.1) is 0 Å². The molecule has 25 heavy (non-hydrogen) atoms. The molecule has 0 amide bonds. The van der Waals surface area contributed by atoms with Gasteiger partial charge in [0, 0.05) is 39.3 Å². The lowest BCUT2D eigenvalue weighted by Crippen LogP contribution is -2.39. The summed E-state index contributed by atoms with van der Waals surface area (Å²) in [5.41, 5.74) is 2.13. The van der Waals surface area contributed by atoms with Crippen LogP contribution in [-0.2, 0) is 15.9 Å². The summed E-state index contributed by atoms with van der Waals surface area (Å²) in [7, 11) is 1.76. The Morgan fingerprint density at radius 2 is 2.20 bits per heavy atom. The molecule has 6 heteroatoms. The van der Waals surface area contributed by atoms with Gasteiger partial charge in [0.25, 0.3) is 0 Å². The average molecular weight is 351 g/mol. The minimum absolute atomic E-state index is 0.186. The van der Waals surface area contributed by atoms with Crippen LogP contribution < -0.4 is 10.6 Å². The summed E-state index contributed by atoms with van der Waals surface area (Å²) >= 11 is 0. The Labute approximate surface area is 150 Å². The van der Waals surface area contributed by atoms with E-state index in [9.17, 15) is 4.39 Å². The molecule has 0 spiro atoms. The molecule has 1 atom stereocenters. The number of aryl methyl sites for hydroxylation is 1. The van der Waals surface area contributed by atoms with E-state index in [-0.39, 0.29) is 5.82 Å². The zero-order valence-corrected chi connectivity index (χ0v) is 15.3. The number of aliphatic imine (C=N–C) groups is 1. The van der Waals surface area contributed by atoms with E-state index in [4.69, 9.17) is 9.47 Å². The van der Waals surface area contributed by atoms with Gasteiger partial charge >= 0.3 is 0 Å². The molecule has 1 aliphatic heterocycles. The molecule has 0 aromatic heterocycles. The van der Waals surface area contributed by atoms with Crippen LogP contribution in [0.2, 0.25) is 0 Å². The molecule has 2 rings (SSSR count). The van der Waals surface area contributed by atoms with Crippen molar-refractivity contribution >= 4 is 5.96 Å². The van der Waals surface area contributed by atoms with E-state index in [0.29, 0.717) is 5.92 Å². The van der Waals surface area contributed by atoms with Gasteiger partial charge < -0.3 is 20.1 Å². The third kappa shape index (κ3) is 7.40. The quantitative estimate of drug-likeness (QED) is 0.407. The Bertz CT molecular complexity index is 545. The van der Waals surface area contributed by atoms with Gasteiger partial charge in [0.1, 0.15) is 5.82 Å². The Hall–Kier alpha value is -1.66. The molecular formula is C19H30FN3O2. The number of hydrogen-bond acceptors (Lipinski definition) is 3. The average Bonchev–Trinajstić information content (AvgIpc) is 3.11. The van der Waals surface area contributed by atoms with Crippen molar-refractivity contribution in [1.29, 1.82) is 0 Å². The van der Waals surface area contributed by atoms with Crippen molar-refractivity contribution in [2.24, 2.45) is 10.9 Å². The van der Waals surface area contributed by atoms with Crippen molar-refractivity contribution < 1.29 is 13.9 Å². The third-order valence-electron chi connectivity index (χ3n) is 4.35. The summed E-state index contributed by atoms with van der Waals surface area (Å²) in [5.74, 6) is 1.16. The van der Waals surface area contributed by atoms with Gasteiger partial charge in [0.05, 0.1) is 13.2 Å². The second-order valence-corrected chi connectivity index (χ2v) is 6.40. The molecule has 1 unspecified atom stereocenters. The monoisotopic (exact) mass is 351 g/mol. The molecule has 5 nitrogen and oxygen atoms in total. The lowest BCUT2D eigenvalue weighted by atomic mass is 10.1. The highest BCUT2D eigenvalue weighted by atomic mass is 19.1. The number of nitrogens with one attached hydrogen (secondary N) is 2. The molecule has 2 N–H and O–H groups in total. The molecule has 0 saturated carbocycles. The smallest absolute Gasteiger partial charge is 0.190 e. The predicted molar refractivity (Wildman–Crippen MR) is 98.6 cm³/mol. The van der Waals surface area contributed by atoms with Gasteiger partial charge in [0.15, 0.2) is 5.96 Å². The molecule has 1 aromatic rings. The summed E-state index contributed by atoms with van der Waals surface area (Å²) in [5, 5.41) is 6.57. The fourth-order valence-corrected chi connectivity index (χ4v) is 2.82. The predicted octanol–water partition coefficient (Wildman–Crippen LogP) is 2.28. The third-order valence-corrected chi connectivity index (χ3v) is 4.35. The van der Waals surface area contributed by atoms with E-state index in [0.717, 1.165) is 75.9 Å². The molecule has 1 saturated heterocycles. The first-order valence-electron chi connectivity index (χ1n) is 9.04. The summed E-state index contributed by atoms with van der Waals surface area (Å²) in [6, 6.07) is 4.92. The first kappa shape index (κ1) is 19.7. The van der Waals surface area contributed by atoms with E-state index in [1.165, 1.54) is 6.07 Å². The van der Waals surface area contributed by atoms with Gasteiger partial charge in [-0.25, -0.2) is 4.39 Å². The fourth-order valence-electron chi connectivity index (χ4n) is 2.82.